The predicted molar refractivity (Wildman–Crippen MR) is 94.8 cm³/mol. The maximum atomic E-state index is 12.5. The van der Waals surface area contributed by atoms with Crippen molar-refractivity contribution >= 4 is 17.3 Å². The van der Waals surface area contributed by atoms with Crippen molar-refractivity contribution in [2.75, 3.05) is 44.2 Å². The monoisotopic (exact) mass is 348 g/mol. The maximum Gasteiger partial charge on any atom is 0.287 e. The fourth-order valence-electron chi connectivity index (χ4n) is 2.90. The first kappa shape index (κ1) is 17.0. The number of nitrogens with zero attached hydrogens (tertiary/aromatic N) is 4. The third-order valence-corrected chi connectivity index (χ3v) is 4.63. The summed E-state index contributed by atoms with van der Waals surface area (Å²) in [6.45, 7) is 4.46. The summed E-state index contributed by atoms with van der Waals surface area (Å²) in [4.78, 5) is 16.8. The lowest BCUT2D eigenvalue weighted by atomic mass is 10.2. The van der Waals surface area contributed by atoms with Crippen molar-refractivity contribution in [2.45, 2.75) is 6.54 Å². The standard InChI is InChI=1S/C17H21ClN4O2/c18-16-15(21-8-6-20(7-9-21)10-11-23)12-19-22(17(16)24)13-14-4-2-1-3-5-14/h1-5,12,23H,6-11,13H2. The zero-order valence-electron chi connectivity index (χ0n) is 13.4. The highest BCUT2D eigenvalue weighted by molar-refractivity contribution is 6.33. The molecule has 0 saturated carbocycles. The summed E-state index contributed by atoms with van der Waals surface area (Å²) in [5.74, 6) is 0. The molecule has 2 heterocycles. The summed E-state index contributed by atoms with van der Waals surface area (Å²) in [5.41, 5.74) is 1.43. The van der Waals surface area contributed by atoms with Crippen LogP contribution in [0, 0.1) is 0 Å². The Morgan fingerprint density at radius 1 is 1.12 bits per heavy atom. The van der Waals surface area contributed by atoms with E-state index in [0.717, 1.165) is 31.7 Å². The molecule has 1 saturated heterocycles. The van der Waals surface area contributed by atoms with Gasteiger partial charge in [0.05, 0.1) is 25.0 Å². The number of piperazine rings is 1. The van der Waals surface area contributed by atoms with Gasteiger partial charge >= 0.3 is 0 Å². The fourth-order valence-corrected chi connectivity index (χ4v) is 3.17. The summed E-state index contributed by atoms with van der Waals surface area (Å²) in [6.07, 6.45) is 1.67. The predicted octanol–water partition coefficient (Wildman–Crippen LogP) is 1.06. The molecule has 1 aliphatic rings. The maximum absolute atomic E-state index is 12.5. The molecule has 1 N–H and O–H groups in total. The van der Waals surface area contributed by atoms with Crippen LogP contribution in [0.3, 0.4) is 0 Å². The van der Waals surface area contributed by atoms with Gasteiger partial charge in [-0.1, -0.05) is 41.9 Å². The number of aliphatic hydroxyl groups is 1. The van der Waals surface area contributed by atoms with Crippen LogP contribution in [0.4, 0.5) is 5.69 Å². The second-order valence-electron chi connectivity index (χ2n) is 5.84. The van der Waals surface area contributed by atoms with Gasteiger partial charge in [0.25, 0.3) is 5.56 Å². The van der Waals surface area contributed by atoms with E-state index in [9.17, 15) is 4.79 Å². The second kappa shape index (κ2) is 7.79. The van der Waals surface area contributed by atoms with Gasteiger partial charge in [0, 0.05) is 32.7 Å². The number of rotatable bonds is 5. The molecule has 0 atom stereocenters. The van der Waals surface area contributed by atoms with Crippen LogP contribution in [0.25, 0.3) is 0 Å². The minimum atomic E-state index is -0.268. The van der Waals surface area contributed by atoms with E-state index in [4.69, 9.17) is 16.7 Å². The Morgan fingerprint density at radius 3 is 2.50 bits per heavy atom. The van der Waals surface area contributed by atoms with E-state index < -0.39 is 0 Å². The van der Waals surface area contributed by atoms with Crippen molar-refractivity contribution in [3.8, 4) is 0 Å². The zero-order valence-corrected chi connectivity index (χ0v) is 14.2. The molecular formula is C17H21ClN4O2. The summed E-state index contributed by atoms with van der Waals surface area (Å²) < 4.78 is 1.39. The van der Waals surface area contributed by atoms with Crippen molar-refractivity contribution in [3.63, 3.8) is 0 Å². The lowest BCUT2D eigenvalue weighted by Crippen LogP contribution is -2.47. The molecule has 1 fully saturated rings. The summed E-state index contributed by atoms with van der Waals surface area (Å²) >= 11 is 6.33. The Morgan fingerprint density at radius 2 is 1.83 bits per heavy atom. The molecule has 2 aromatic rings. The van der Waals surface area contributed by atoms with Gasteiger partial charge in [-0.3, -0.25) is 9.69 Å². The van der Waals surface area contributed by atoms with Crippen molar-refractivity contribution in [1.29, 1.82) is 0 Å². The van der Waals surface area contributed by atoms with E-state index in [1.54, 1.807) is 6.20 Å². The van der Waals surface area contributed by atoms with Crippen LogP contribution in [-0.4, -0.2) is 59.1 Å². The lowest BCUT2D eigenvalue weighted by molar-refractivity contribution is 0.188. The molecular weight excluding hydrogens is 328 g/mol. The highest BCUT2D eigenvalue weighted by atomic mass is 35.5. The number of halogens is 1. The van der Waals surface area contributed by atoms with E-state index in [1.165, 1.54) is 4.68 Å². The summed E-state index contributed by atoms with van der Waals surface area (Å²) in [7, 11) is 0. The van der Waals surface area contributed by atoms with E-state index in [1.807, 2.05) is 30.3 Å². The average molecular weight is 349 g/mol. The van der Waals surface area contributed by atoms with Gasteiger partial charge in [0.15, 0.2) is 0 Å². The van der Waals surface area contributed by atoms with E-state index in [-0.39, 0.29) is 17.2 Å². The third kappa shape index (κ3) is 3.77. The van der Waals surface area contributed by atoms with Gasteiger partial charge in [-0.2, -0.15) is 5.10 Å². The first-order chi connectivity index (χ1) is 11.7. The van der Waals surface area contributed by atoms with Gasteiger partial charge in [0.2, 0.25) is 0 Å². The lowest BCUT2D eigenvalue weighted by Gasteiger charge is -2.35. The first-order valence-corrected chi connectivity index (χ1v) is 8.44. The average Bonchev–Trinajstić information content (AvgIpc) is 2.61. The number of aliphatic hydroxyl groups excluding tert-OH is 1. The van der Waals surface area contributed by atoms with Crippen molar-refractivity contribution in [2.24, 2.45) is 0 Å². The van der Waals surface area contributed by atoms with Crippen LogP contribution < -0.4 is 10.5 Å². The minimum absolute atomic E-state index is 0.165. The van der Waals surface area contributed by atoms with Gasteiger partial charge < -0.3 is 10.0 Å². The minimum Gasteiger partial charge on any atom is -0.395 e. The first-order valence-electron chi connectivity index (χ1n) is 8.07. The molecule has 0 amide bonds. The Labute approximate surface area is 145 Å². The van der Waals surface area contributed by atoms with Crippen molar-refractivity contribution in [3.05, 3.63) is 57.5 Å². The van der Waals surface area contributed by atoms with Gasteiger partial charge in [-0.25, -0.2) is 4.68 Å². The molecule has 24 heavy (non-hydrogen) atoms. The molecule has 128 valence electrons. The molecule has 1 aliphatic heterocycles. The van der Waals surface area contributed by atoms with E-state index >= 15 is 0 Å². The number of benzene rings is 1. The molecule has 0 unspecified atom stereocenters. The molecule has 1 aromatic heterocycles. The quantitative estimate of drug-likeness (QED) is 0.875. The molecule has 1 aromatic carbocycles. The highest BCUT2D eigenvalue weighted by Crippen LogP contribution is 2.22. The topological polar surface area (TPSA) is 61.6 Å². The molecule has 6 nitrogen and oxygen atoms in total. The van der Waals surface area contributed by atoms with Crippen LogP contribution >= 0.6 is 11.6 Å². The van der Waals surface area contributed by atoms with Gasteiger partial charge in [-0.05, 0) is 5.56 Å². The molecule has 0 radical (unpaired) electrons. The Balaban J connectivity index is 1.75. The van der Waals surface area contributed by atoms with Crippen LogP contribution in [0.15, 0.2) is 41.3 Å². The number of hydrogen-bond donors (Lipinski definition) is 1. The molecule has 7 heteroatoms. The molecule has 0 spiro atoms. The zero-order chi connectivity index (χ0) is 16.9. The summed E-state index contributed by atoms with van der Waals surface area (Å²) in [6, 6.07) is 9.71. The SMILES string of the molecule is O=c1c(Cl)c(N2CCN(CCO)CC2)cnn1Cc1ccccc1. The van der Waals surface area contributed by atoms with Crippen molar-refractivity contribution < 1.29 is 5.11 Å². The van der Waals surface area contributed by atoms with Crippen LogP contribution in [0.2, 0.25) is 5.02 Å². The van der Waals surface area contributed by atoms with E-state index in [0.29, 0.717) is 18.8 Å². The normalized spacial score (nSPS) is 15.7. The Hall–Kier alpha value is -1.89. The van der Waals surface area contributed by atoms with Crippen LogP contribution in [0.5, 0.6) is 0 Å². The largest absolute Gasteiger partial charge is 0.395 e. The number of anilines is 1. The molecule has 0 bridgehead atoms. The number of hydrogen-bond acceptors (Lipinski definition) is 5. The Kier molecular flexibility index (Phi) is 5.50. The molecule has 0 aliphatic carbocycles. The molecule has 3 rings (SSSR count). The van der Waals surface area contributed by atoms with Gasteiger partial charge in [-0.15, -0.1) is 0 Å². The second-order valence-corrected chi connectivity index (χ2v) is 6.22. The highest BCUT2D eigenvalue weighted by Gasteiger charge is 2.20. The van der Waals surface area contributed by atoms with E-state index in [2.05, 4.69) is 14.9 Å². The Bertz CT molecular complexity index is 727. The fraction of sp³-hybridized carbons (Fsp3) is 0.412. The van der Waals surface area contributed by atoms with Crippen LogP contribution in [-0.2, 0) is 6.54 Å². The number of aromatic nitrogens is 2. The van der Waals surface area contributed by atoms with Crippen LogP contribution in [0.1, 0.15) is 5.56 Å². The summed E-state index contributed by atoms with van der Waals surface area (Å²) in [5, 5.41) is 13.5. The van der Waals surface area contributed by atoms with Crippen molar-refractivity contribution in [1.82, 2.24) is 14.7 Å². The number of β-amino-alcohol motifs (C(OH)–C–C–N with tert-alkyl or cyclic N) is 1. The van der Waals surface area contributed by atoms with Gasteiger partial charge in [0.1, 0.15) is 5.02 Å². The smallest absolute Gasteiger partial charge is 0.287 e. The third-order valence-electron chi connectivity index (χ3n) is 4.27.